The van der Waals surface area contributed by atoms with Gasteiger partial charge in [0.05, 0.1) is 0 Å². The number of hydrogen-bond acceptors (Lipinski definition) is 4. The molecule has 18 heavy (non-hydrogen) atoms. The van der Waals surface area contributed by atoms with Gasteiger partial charge in [-0.25, -0.2) is 0 Å². The van der Waals surface area contributed by atoms with E-state index in [4.69, 9.17) is 0 Å². The summed E-state index contributed by atoms with van der Waals surface area (Å²) in [4.78, 5) is 29.4. The summed E-state index contributed by atoms with van der Waals surface area (Å²) in [5.74, 6) is 0. The van der Waals surface area contributed by atoms with Gasteiger partial charge in [0.1, 0.15) is 8.24 Å². The number of benzene rings is 1. The van der Waals surface area contributed by atoms with Gasteiger partial charge >= 0.3 is 8.97 Å². The fraction of sp³-hybridized carbons (Fsp3) is 0.500. The lowest BCUT2D eigenvalue weighted by molar-refractivity contribution is 0.231. The van der Waals surface area contributed by atoms with Crippen molar-refractivity contribution in [3.8, 4) is 0 Å². The molecule has 0 aliphatic rings. The van der Waals surface area contributed by atoms with E-state index in [9.17, 15) is 14.4 Å². The summed E-state index contributed by atoms with van der Waals surface area (Å²) in [6.07, 6.45) is 0. The minimum Gasteiger partial charge on any atom is -0.373 e. The Morgan fingerprint density at radius 2 is 1.28 bits per heavy atom. The Kier molecular flexibility index (Phi) is 4.09. The van der Waals surface area contributed by atoms with Crippen molar-refractivity contribution in [3.05, 3.63) is 28.8 Å². The summed E-state index contributed by atoms with van der Waals surface area (Å²) in [7, 11) is -6.45. The maximum atomic E-state index is 9.80. The van der Waals surface area contributed by atoms with Crippen LogP contribution in [-0.4, -0.2) is 31.6 Å². The van der Waals surface area contributed by atoms with Crippen LogP contribution in [0.2, 0.25) is 19.6 Å². The summed E-state index contributed by atoms with van der Waals surface area (Å²) in [6, 6.07) is 3.99. The maximum absolute atomic E-state index is 9.80. The average Bonchev–Trinajstić information content (AvgIpc) is 2.06. The molecule has 0 saturated carbocycles. The number of nitrogens with zero attached hydrogens (tertiary/aromatic N) is 1. The van der Waals surface area contributed by atoms with Crippen molar-refractivity contribution in [2.45, 2.75) is 40.4 Å². The third kappa shape index (κ3) is 3.21. The lowest BCUT2D eigenvalue weighted by Crippen LogP contribution is -2.65. The zero-order chi connectivity index (χ0) is 14.3. The summed E-state index contributed by atoms with van der Waals surface area (Å²) in [5, 5.41) is 0. The molecule has 0 saturated heterocycles. The van der Waals surface area contributed by atoms with Gasteiger partial charge in [-0.05, 0) is 31.9 Å². The van der Waals surface area contributed by atoms with Gasteiger partial charge in [0.15, 0.2) is 0 Å². The van der Waals surface area contributed by atoms with Gasteiger partial charge in [-0.1, -0.05) is 37.3 Å². The van der Waals surface area contributed by atoms with Crippen LogP contribution in [0.15, 0.2) is 12.1 Å². The normalized spacial score (nSPS) is 12.7. The predicted octanol–water partition coefficient (Wildman–Crippen LogP) is 1.67. The average molecular weight is 285 g/mol. The number of hydrogen-bond donors (Lipinski definition) is 3. The van der Waals surface area contributed by atoms with Crippen molar-refractivity contribution in [1.82, 2.24) is 0 Å². The lowest BCUT2D eigenvalue weighted by atomic mass is 10.1. The molecule has 0 aliphatic heterocycles. The Morgan fingerprint density at radius 3 is 1.56 bits per heavy atom. The molecular weight excluding hydrogens is 262 g/mol. The first-order valence-electron chi connectivity index (χ1n) is 6.00. The monoisotopic (exact) mass is 285 g/mol. The predicted molar refractivity (Wildman–Crippen MR) is 78.9 cm³/mol. The van der Waals surface area contributed by atoms with E-state index in [0.29, 0.717) is 0 Å². The van der Waals surface area contributed by atoms with E-state index in [1.807, 2.05) is 52.5 Å². The highest BCUT2D eigenvalue weighted by Crippen LogP contribution is 2.32. The fourth-order valence-corrected chi connectivity index (χ4v) is 7.74. The fourth-order valence-electron chi connectivity index (χ4n) is 2.46. The zero-order valence-electron chi connectivity index (χ0n) is 11.9. The van der Waals surface area contributed by atoms with E-state index in [2.05, 4.69) is 0 Å². The summed E-state index contributed by atoms with van der Waals surface area (Å²) in [5.41, 5.74) is 3.82. The largest absolute Gasteiger partial charge is 0.616 e. The topological polar surface area (TPSA) is 63.9 Å². The molecule has 0 heterocycles. The smallest absolute Gasteiger partial charge is 0.373 e. The van der Waals surface area contributed by atoms with E-state index >= 15 is 0 Å². The second-order valence-corrected chi connectivity index (χ2v) is 12.7. The van der Waals surface area contributed by atoms with Gasteiger partial charge in [0.25, 0.3) is 0 Å². The first kappa shape index (κ1) is 15.4. The van der Waals surface area contributed by atoms with E-state index in [0.717, 1.165) is 22.4 Å². The van der Waals surface area contributed by atoms with Crippen molar-refractivity contribution in [2.75, 3.05) is 4.23 Å². The van der Waals surface area contributed by atoms with Crippen molar-refractivity contribution in [2.24, 2.45) is 0 Å². The molecule has 0 atom stereocenters. The van der Waals surface area contributed by atoms with E-state index in [1.54, 1.807) is 0 Å². The molecular formula is C12H23NO3Si2. The Balaban J connectivity index is 3.50. The van der Waals surface area contributed by atoms with Crippen LogP contribution in [0.25, 0.3) is 0 Å². The molecule has 1 aromatic carbocycles. The van der Waals surface area contributed by atoms with Crippen LogP contribution in [0, 0.1) is 20.8 Å². The van der Waals surface area contributed by atoms with E-state index in [-0.39, 0.29) is 0 Å². The highest BCUT2D eigenvalue weighted by molar-refractivity contribution is 6.92. The second-order valence-electron chi connectivity index (χ2n) is 5.85. The van der Waals surface area contributed by atoms with E-state index < -0.39 is 17.2 Å². The van der Waals surface area contributed by atoms with E-state index in [1.165, 1.54) is 4.23 Å². The second kappa shape index (κ2) is 4.78. The van der Waals surface area contributed by atoms with Crippen molar-refractivity contribution >= 4 is 22.9 Å². The Hall–Kier alpha value is -0.666. The molecule has 0 fully saturated rings. The third-order valence-electron chi connectivity index (χ3n) is 2.83. The molecule has 6 heteroatoms. The summed E-state index contributed by atoms with van der Waals surface area (Å²) >= 11 is 0. The Labute approximate surface area is 111 Å². The molecule has 0 radical (unpaired) electrons. The first-order valence-corrected chi connectivity index (χ1v) is 11.2. The zero-order valence-corrected chi connectivity index (χ0v) is 13.9. The van der Waals surface area contributed by atoms with Crippen LogP contribution in [0.1, 0.15) is 16.7 Å². The van der Waals surface area contributed by atoms with Crippen molar-refractivity contribution in [3.63, 3.8) is 0 Å². The highest BCUT2D eigenvalue weighted by atomic mass is 28.4. The molecule has 0 amide bonds. The molecule has 1 rings (SSSR count). The number of anilines is 1. The van der Waals surface area contributed by atoms with Gasteiger partial charge in [-0.3, -0.25) is 0 Å². The summed E-state index contributed by atoms with van der Waals surface area (Å²) in [6.45, 7) is 11.8. The van der Waals surface area contributed by atoms with Crippen LogP contribution < -0.4 is 4.23 Å². The van der Waals surface area contributed by atoms with Crippen LogP contribution in [0.5, 0.6) is 0 Å². The standard InChI is InChI=1S/C12H23NO3Si2/c1-9-7-10(2)12(11(3)8-9)13(17(4,5)6)18(14,15)16/h7-8,14-16H,1-6H3. The first-order chi connectivity index (χ1) is 7.94. The SMILES string of the molecule is Cc1cc(C)c(N([Si](C)(C)C)[Si](O)(O)O)c(C)c1. The van der Waals surface area contributed by atoms with Crippen molar-refractivity contribution in [1.29, 1.82) is 0 Å². The van der Waals surface area contributed by atoms with Gasteiger partial charge in [-0.15, -0.1) is 0 Å². The van der Waals surface area contributed by atoms with Gasteiger partial charge in [0, 0.05) is 5.69 Å². The molecule has 0 spiro atoms. The van der Waals surface area contributed by atoms with Crippen LogP contribution in [-0.2, 0) is 0 Å². The highest BCUT2D eigenvalue weighted by Gasteiger charge is 2.46. The minimum absolute atomic E-state index is 0.763. The maximum Gasteiger partial charge on any atom is 0.616 e. The summed E-state index contributed by atoms with van der Waals surface area (Å²) < 4.78 is 1.49. The van der Waals surface area contributed by atoms with Gasteiger partial charge < -0.3 is 18.6 Å². The number of rotatable bonds is 3. The van der Waals surface area contributed by atoms with Gasteiger partial charge in [0.2, 0.25) is 0 Å². The molecule has 102 valence electrons. The van der Waals surface area contributed by atoms with Crippen LogP contribution >= 0.6 is 0 Å². The number of aryl methyl sites for hydroxylation is 3. The molecule has 3 N–H and O–H groups in total. The molecule has 0 aliphatic carbocycles. The van der Waals surface area contributed by atoms with Crippen LogP contribution in [0.3, 0.4) is 0 Å². The van der Waals surface area contributed by atoms with Crippen LogP contribution in [0.4, 0.5) is 5.69 Å². The quantitative estimate of drug-likeness (QED) is 0.739. The lowest BCUT2D eigenvalue weighted by Gasteiger charge is -2.41. The minimum atomic E-state index is -4.35. The molecule has 0 unspecified atom stereocenters. The third-order valence-corrected chi connectivity index (χ3v) is 8.13. The molecule has 4 nitrogen and oxygen atoms in total. The Morgan fingerprint density at radius 1 is 0.889 bits per heavy atom. The van der Waals surface area contributed by atoms with Gasteiger partial charge in [-0.2, -0.15) is 0 Å². The molecule has 1 aromatic rings. The molecule has 0 aromatic heterocycles. The molecule has 0 bridgehead atoms. The Bertz CT molecular complexity index is 413. The van der Waals surface area contributed by atoms with Crippen molar-refractivity contribution < 1.29 is 14.4 Å².